The molecular weight excluding hydrogens is 280 g/mol. The first-order valence-corrected chi connectivity index (χ1v) is 9.18. The van der Waals surface area contributed by atoms with Crippen molar-refractivity contribution in [1.82, 2.24) is 9.21 Å². The molecule has 1 amide bonds. The second-order valence-corrected chi connectivity index (χ2v) is 7.68. The second-order valence-electron chi connectivity index (χ2n) is 5.75. The van der Waals surface area contributed by atoms with E-state index in [4.69, 9.17) is 0 Å². The zero-order chi connectivity index (χ0) is 14.8. The Labute approximate surface area is 120 Å². The van der Waals surface area contributed by atoms with E-state index < -0.39 is 16.1 Å². The van der Waals surface area contributed by atoms with Gasteiger partial charge in [-0.05, 0) is 25.7 Å². The molecule has 7 heteroatoms. The van der Waals surface area contributed by atoms with E-state index in [1.165, 1.54) is 4.31 Å². The van der Waals surface area contributed by atoms with Gasteiger partial charge in [-0.1, -0.05) is 12.8 Å². The first-order valence-electron chi connectivity index (χ1n) is 7.33. The van der Waals surface area contributed by atoms with Crippen LogP contribution in [0.1, 0.15) is 38.5 Å². The molecule has 0 bridgehead atoms. The van der Waals surface area contributed by atoms with Gasteiger partial charge >= 0.3 is 0 Å². The largest absolute Gasteiger partial charge is 0.394 e. The number of likely N-dealkylation sites (tertiary alicyclic amines) is 1. The first kappa shape index (κ1) is 15.7. The van der Waals surface area contributed by atoms with E-state index in [1.54, 1.807) is 4.90 Å². The molecular formula is C13H24N2O4S. The molecule has 2 unspecified atom stereocenters. The van der Waals surface area contributed by atoms with Crippen molar-refractivity contribution in [1.29, 1.82) is 0 Å². The van der Waals surface area contributed by atoms with Gasteiger partial charge in [0.25, 0.3) is 0 Å². The van der Waals surface area contributed by atoms with Gasteiger partial charge < -0.3 is 10.0 Å². The summed E-state index contributed by atoms with van der Waals surface area (Å²) in [5.74, 6) is -0.131. The number of sulfonamides is 1. The van der Waals surface area contributed by atoms with E-state index in [-0.39, 0.29) is 18.6 Å². The Bertz CT molecular complexity index is 451. The van der Waals surface area contributed by atoms with Crippen LogP contribution in [0.2, 0.25) is 0 Å². The Morgan fingerprint density at radius 1 is 1.15 bits per heavy atom. The van der Waals surface area contributed by atoms with Crippen molar-refractivity contribution >= 4 is 15.9 Å². The number of hydrogen-bond donors (Lipinski definition) is 1. The van der Waals surface area contributed by atoms with Crippen LogP contribution in [0.4, 0.5) is 0 Å². The van der Waals surface area contributed by atoms with E-state index in [9.17, 15) is 18.3 Å². The highest BCUT2D eigenvalue weighted by atomic mass is 32.2. The van der Waals surface area contributed by atoms with Crippen molar-refractivity contribution in [3.05, 3.63) is 0 Å². The molecule has 2 aliphatic heterocycles. The van der Waals surface area contributed by atoms with Gasteiger partial charge in [0.05, 0.1) is 18.9 Å². The number of nitrogens with zero attached hydrogens (tertiary/aromatic N) is 2. The molecule has 0 saturated carbocycles. The van der Waals surface area contributed by atoms with Gasteiger partial charge in [0.2, 0.25) is 15.9 Å². The smallest absolute Gasteiger partial charge is 0.241 e. The van der Waals surface area contributed by atoms with E-state index in [0.29, 0.717) is 19.5 Å². The van der Waals surface area contributed by atoms with Crippen LogP contribution in [-0.2, 0) is 14.8 Å². The average molecular weight is 304 g/mol. The molecule has 0 aromatic heterocycles. The van der Waals surface area contributed by atoms with Gasteiger partial charge in [-0.15, -0.1) is 0 Å². The second kappa shape index (κ2) is 6.41. The fourth-order valence-corrected chi connectivity index (χ4v) is 4.35. The molecule has 2 aliphatic rings. The van der Waals surface area contributed by atoms with Crippen molar-refractivity contribution in [3.63, 3.8) is 0 Å². The highest BCUT2D eigenvalue weighted by Crippen LogP contribution is 2.25. The summed E-state index contributed by atoms with van der Waals surface area (Å²) in [6.07, 6.45) is 6.25. The van der Waals surface area contributed by atoms with Crippen molar-refractivity contribution < 1.29 is 18.3 Å². The Morgan fingerprint density at radius 2 is 1.90 bits per heavy atom. The molecule has 6 nitrogen and oxygen atoms in total. The van der Waals surface area contributed by atoms with Crippen molar-refractivity contribution in [2.75, 3.05) is 26.0 Å². The molecule has 0 aromatic rings. The zero-order valence-corrected chi connectivity index (χ0v) is 12.8. The van der Waals surface area contributed by atoms with Crippen LogP contribution in [0.15, 0.2) is 0 Å². The predicted octanol–water partition coefficient (Wildman–Crippen LogP) is 0.174. The summed E-state index contributed by atoms with van der Waals surface area (Å²) in [6.45, 7) is 1.00. The zero-order valence-electron chi connectivity index (χ0n) is 12.0. The summed E-state index contributed by atoms with van der Waals surface area (Å²) >= 11 is 0. The van der Waals surface area contributed by atoms with Gasteiger partial charge in [-0.2, -0.15) is 4.31 Å². The van der Waals surface area contributed by atoms with Crippen molar-refractivity contribution in [3.8, 4) is 0 Å². The molecule has 2 saturated heterocycles. The van der Waals surface area contributed by atoms with Crippen LogP contribution in [0.3, 0.4) is 0 Å². The number of carbonyl (C=O) groups excluding carboxylic acids is 1. The fourth-order valence-electron chi connectivity index (χ4n) is 3.23. The minimum Gasteiger partial charge on any atom is -0.394 e. The Balaban J connectivity index is 2.16. The van der Waals surface area contributed by atoms with E-state index in [0.717, 1.165) is 38.4 Å². The quantitative estimate of drug-likeness (QED) is 0.806. The molecule has 0 aliphatic carbocycles. The third-order valence-electron chi connectivity index (χ3n) is 4.29. The van der Waals surface area contributed by atoms with Crippen LogP contribution in [0, 0.1) is 0 Å². The van der Waals surface area contributed by atoms with Crippen LogP contribution in [-0.4, -0.2) is 66.7 Å². The SMILES string of the molecule is CS(=O)(=O)N1CCCC1C(=O)N1CCCCCC1CO. The van der Waals surface area contributed by atoms with Crippen molar-refractivity contribution in [2.45, 2.75) is 50.6 Å². The van der Waals surface area contributed by atoms with E-state index >= 15 is 0 Å². The molecule has 1 N–H and O–H groups in total. The topological polar surface area (TPSA) is 77.9 Å². The summed E-state index contributed by atoms with van der Waals surface area (Å²) in [4.78, 5) is 14.4. The minimum absolute atomic E-state index is 0.0443. The van der Waals surface area contributed by atoms with Crippen LogP contribution in [0.5, 0.6) is 0 Å². The number of hydrogen-bond acceptors (Lipinski definition) is 4. The van der Waals surface area contributed by atoms with Gasteiger partial charge in [-0.3, -0.25) is 4.79 Å². The summed E-state index contributed by atoms with van der Waals surface area (Å²) in [5.41, 5.74) is 0. The average Bonchev–Trinajstić information content (AvgIpc) is 2.77. The molecule has 0 spiro atoms. The summed E-state index contributed by atoms with van der Waals surface area (Å²) in [6, 6.07) is -0.732. The first-order chi connectivity index (χ1) is 9.45. The van der Waals surface area contributed by atoms with Crippen LogP contribution < -0.4 is 0 Å². The van der Waals surface area contributed by atoms with Gasteiger partial charge in [0, 0.05) is 13.1 Å². The normalized spacial score (nSPS) is 29.4. The number of aliphatic hydroxyl groups is 1. The van der Waals surface area contributed by atoms with Crippen LogP contribution in [0.25, 0.3) is 0 Å². The third kappa shape index (κ3) is 3.32. The molecule has 2 fully saturated rings. The maximum absolute atomic E-state index is 12.7. The number of carbonyl (C=O) groups is 1. The number of aliphatic hydroxyl groups excluding tert-OH is 1. The summed E-state index contributed by atoms with van der Waals surface area (Å²) < 4.78 is 24.8. The standard InChI is InChI=1S/C13H24N2O4S/c1-20(18,19)15-9-5-7-12(15)13(17)14-8-4-2-3-6-11(14)10-16/h11-12,16H,2-10H2,1H3. The predicted molar refractivity (Wildman–Crippen MR) is 75.6 cm³/mol. The lowest BCUT2D eigenvalue weighted by Gasteiger charge is -2.33. The Hall–Kier alpha value is -0.660. The minimum atomic E-state index is -3.35. The number of amides is 1. The molecule has 116 valence electrons. The van der Waals surface area contributed by atoms with Crippen molar-refractivity contribution in [2.24, 2.45) is 0 Å². The molecule has 0 radical (unpaired) electrons. The van der Waals surface area contributed by atoms with E-state index in [2.05, 4.69) is 0 Å². The molecule has 2 atom stereocenters. The third-order valence-corrected chi connectivity index (χ3v) is 5.57. The molecule has 20 heavy (non-hydrogen) atoms. The lowest BCUT2D eigenvalue weighted by Crippen LogP contribution is -2.51. The van der Waals surface area contributed by atoms with E-state index in [1.807, 2.05) is 0 Å². The monoisotopic (exact) mass is 304 g/mol. The lowest BCUT2D eigenvalue weighted by molar-refractivity contribution is -0.137. The van der Waals surface area contributed by atoms with Crippen LogP contribution >= 0.6 is 0 Å². The molecule has 2 rings (SSSR count). The molecule has 2 heterocycles. The highest BCUT2D eigenvalue weighted by molar-refractivity contribution is 7.88. The Morgan fingerprint density at radius 3 is 2.55 bits per heavy atom. The summed E-state index contributed by atoms with van der Waals surface area (Å²) in [5, 5.41) is 9.48. The van der Waals surface area contributed by atoms with Gasteiger partial charge in [0.1, 0.15) is 6.04 Å². The number of rotatable bonds is 3. The van der Waals surface area contributed by atoms with Gasteiger partial charge in [-0.25, -0.2) is 8.42 Å². The fraction of sp³-hybridized carbons (Fsp3) is 0.923. The Kier molecular flexibility index (Phi) is 5.04. The lowest BCUT2D eigenvalue weighted by atomic mass is 10.1. The van der Waals surface area contributed by atoms with Gasteiger partial charge in [0.15, 0.2) is 0 Å². The maximum Gasteiger partial charge on any atom is 0.241 e. The highest BCUT2D eigenvalue weighted by Gasteiger charge is 2.40. The maximum atomic E-state index is 12.7. The molecule has 0 aromatic carbocycles. The summed E-state index contributed by atoms with van der Waals surface area (Å²) in [7, 11) is -3.35.